The van der Waals surface area contributed by atoms with Gasteiger partial charge in [-0.05, 0) is 26.8 Å². The highest BCUT2D eigenvalue weighted by atomic mass is 16.1. The minimum absolute atomic E-state index is 0.570. The Bertz CT molecular complexity index is 407. The van der Waals surface area contributed by atoms with E-state index in [0.29, 0.717) is 12.2 Å². The van der Waals surface area contributed by atoms with Crippen LogP contribution >= 0.6 is 0 Å². The first-order chi connectivity index (χ1) is 8.69. The number of nitrogens with zero attached hydrogens (tertiary/aromatic N) is 1. The smallest absolute Gasteiger partial charge is 0.225 e. The van der Waals surface area contributed by atoms with Gasteiger partial charge in [0.1, 0.15) is 5.84 Å². The lowest BCUT2D eigenvalue weighted by Crippen LogP contribution is -2.36. The lowest BCUT2D eigenvalue weighted by Gasteiger charge is -2.07. The lowest BCUT2D eigenvalue weighted by molar-refractivity contribution is -0.110. The minimum Gasteiger partial charge on any atom is -0.282 e. The summed E-state index contributed by atoms with van der Waals surface area (Å²) >= 11 is 0. The van der Waals surface area contributed by atoms with Gasteiger partial charge < -0.3 is 0 Å². The van der Waals surface area contributed by atoms with Crippen molar-refractivity contribution in [2.24, 2.45) is 4.99 Å². The number of aryl methyl sites for hydroxylation is 1. The van der Waals surface area contributed by atoms with Crippen LogP contribution in [-0.4, -0.2) is 19.3 Å². The number of hydrogen-bond donors (Lipinski definition) is 2. The van der Waals surface area contributed by atoms with E-state index in [-0.39, 0.29) is 0 Å². The third-order valence-corrected chi connectivity index (χ3v) is 2.10. The number of carbonyl (C=O) groups is 1. The molecule has 0 aromatic heterocycles. The number of hydrogen-bond acceptors (Lipinski definition) is 2. The van der Waals surface area contributed by atoms with Crippen molar-refractivity contribution in [1.82, 2.24) is 10.9 Å². The molecule has 1 rings (SSSR count). The van der Waals surface area contributed by atoms with Crippen LogP contribution in [0.1, 0.15) is 25.0 Å². The van der Waals surface area contributed by atoms with E-state index in [1.165, 1.54) is 0 Å². The molecule has 18 heavy (non-hydrogen) atoms. The maximum atomic E-state index is 10.1. The second kappa shape index (κ2) is 10.1. The zero-order valence-electron chi connectivity index (χ0n) is 11.4. The summed E-state index contributed by atoms with van der Waals surface area (Å²) in [6, 6.07) is 7.86. The molecule has 0 saturated carbocycles. The van der Waals surface area contributed by atoms with E-state index < -0.39 is 0 Å². The average molecular weight is 247 g/mol. The molecule has 0 fully saturated rings. The molecule has 0 radical (unpaired) electrons. The van der Waals surface area contributed by atoms with E-state index in [9.17, 15) is 4.79 Å². The molecular weight excluding hydrogens is 226 g/mol. The SMILES string of the molecule is C/C=C\C.CN=C(NNC=O)c1cccc(C)c1. The molecule has 4 heteroatoms. The zero-order chi connectivity index (χ0) is 13.8. The predicted octanol–water partition coefficient (Wildman–Crippen LogP) is 2.20. The summed E-state index contributed by atoms with van der Waals surface area (Å²) in [6.07, 6.45) is 4.57. The van der Waals surface area contributed by atoms with E-state index in [1.54, 1.807) is 7.05 Å². The van der Waals surface area contributed by atoms with Gasteiger partial charge in [0.2, 0.25) is 6.41 Å². The highest BCUT2D eigenvalue weighted by Gasteiger charge is 2.00. The summed E-state index contributed by atoms with van der Waals surface area (Å²) in [4.78, 5) is 14.1. The fourth-order valence-electron chi connectivity index (χ4n) is 1.15. The van der Waals surface area contributed by atoms with Gasteiger partial charge in [0.15, 0.2) is 0 Å². The molecule has 2 N–H and O–H groups in total. The monoisotopic (exact) mass is 247 g/mol. The number of carbonyl (C=O) groups excluding carboxylic acids is 1. The number of aliphatic imine (C=N–C) groups is 1. The first kappa shape index (κ1) is 15.9. The van der Waals surface area contributed by atoms with Gasteiger partial charge in [-0.15, -0.1) is 0 Å². The highest BCUT2D eigenvalue weighted by Crippen LogP contribution is 2.03. The number of nitrogens with one attached hydrogen (secondary N) is 2. The van der Waals surface area contributed by atoms with Crippen molar-refractivity contribution in [3.05, 3.63) is 47.5 Å². The molecule has 0 bridgehead atoms. The Morgan fingerprint density at radius 1 is 1.28 bits per heavy atom. The van der Waals surface area contributed by atoms with Crippen LogP contribution in [0.4, 0.5) is 0 Å². The molecule has 0 heterocycles. The Kier molecular flexibility index (Phi) is 8.90. The van der Waals surface area contributed by atoms with Crippen LogP contribution in [0.15, 0.2) is 41.4 Å². The largest absolute Gasteiger partial charge is 0.282 e. The summed E-state index contributed by atoms with van der Waals surface area (Å²) in [7, 11) is 1.66. The van der Waals surface area contributed by atoms with Crippen molar-refractivity contribution in [1.29, 1.82) is 0 Å². The molecule has 0 atom stereocenters. The van der Waals surface area contributed by atoms with Crippen LogP contribution < -0.4 is 10.9 Å². The molecule has 4 nitrogen and oxygen atoms in total. The molecule has 1 aromatic rings. The number of benzene rings is 1. The first-order valence-electron chi connectivity index (χ1n) is 5.75. The van der Waals surface area contributed by atoms with Gasteiger partial charge in [0, 0.05) is 12.6 Å². The minimum atomic E-state index is 0.570. The topological polar surface area (TPSA) is 53.5 Å². The fraction of sp³-hybridized carbons (Fsp3) is 0.286. The van der Waals surface area contributed by atoms with Crippen molar-refractivity contribution >= 4 is 12.2 Å². The number of hydrazine groups is 1. The number of amides is 1. The van der Waals surface area contributed by atoms with Crippen molar-refractivity contribution in [2.45, 2.75) is 20.8 Å². The van der Waals surface area contributed by atoms with Gasteiger partial charge in [-0.25, -0.2) is 0 Å². The Hall–Kier alpha value is -2.10. The highest BCUT2D eigenvalue weighted by molar-refractivity contribution is 5.98. The average Bonchev–Trinajstić information content (AvgIpc) is 2.40. The molecule has 0 spiro atoms. The van der Waals surface area contributed by atoms with Gasteiger partial charge >= 0.3 is 0 Å². The van der Waals surface area contributed by atoms with Crippen LogP contribution in [0.3, 0.4) is 0 Å². The van der Waals surface area contributed by atoms with Crippen molar-refractivity contribution in [3.63, 3.8) is 0 Å². The number of amidine groups is 1. The van der Waals surface area contributed by atoms with Gasteiger partial charge in [-0.2, -0.15) is 0 Å². The summed E-state index contributed by atoms with van der Waals surface area (Å²) in [5.41, 5.74) is 7.15. The molecule has 0 unspecified atom stereocenters. The molecule has 0 aliphatic carbocycles. The van der Waals surface area contributed by atoms with E-state index in [1.807, 2.05) is 57.2 Å². The van der Waals surface area contributed by atoms with Gasteiger partial charge in [0.25, 0.3) is 0 Å². The van der Waals surface area contributed by atoms with Crippen LogP contribution in [-0.2, 0) is 4.79 Å². The standard InChI is InChI=1S/C10H13N3O.C4H8/c1-8-4-3-5-9(6-8)10(11-2)13-12-7-14;1-3-4-2/h3-7H,1-2H3,(H,11,13)(H,12,14);3-4H,1-2H3/b;4-3-. The van der Waals surface area contributed by atoms with E-state index >= 15 is 0 Å². The molecule has 1 aromatic carbocycles. The Balaban J connectivity index is 0.000000631. The van der Waals surface area contributed by atoms with E-state index in [0.717, 1.165) is 11.1 Å². The third kappa shape index (κ3) is 6.48. The van der Waals surface area contributed by atoms with Crippen LogP contribution in [0, 0.1) is 6.92 Å². The Morgan fingerprint density at radius 2 is 1.94 bits per heavy atom. The summed E-state index contributed by atoms with van der Waals surface area (Å²) < 4.78 is 0. The second-order valence-electron chi connectivity index (χ2n) is 3.50. The van der Waals surface area contributed by atoms with E-state index in [4.69, 9.17) is 0 Å². The van der Waals surface area contributed by atoms with Crippen molar-refractivity contribution in [2.75, 3.05) is 7.05 Å². The summed E-state index contributed by atoms with van der Waals surface area (Å²) in [5.74, 6) is 0.640. The normalized spacial score (nSPS) is 10.6. The Labute approximate surface area is 109 Å². The van der Waals surface area contributed by atoms with Crippen molar-refractivity contribution < 1.29 is 4.79 Å². The first-order valence-corrected chi connectivity index (χ1v) is 5.75. The Morgan fingerprint density at radius 3 is 2.39 bits per heavy atom. The zero-order valence-corrected chi connectivity index (χ0v) is 11.4. The molecular formula is C14H21N3O. The van der Waals surface area contributed by atoms with Gasteiger partial charge in [0.05, 0.1) is 0 Å². The lowest BCUT2D eigenvalue weighted by atomic mass is 10.1. The van der Waals surface area contributed by atoms with Crippen molar-refractivity contribution in [3.8, 4) is 0 Å². The number of rotatable bonds is 3. The van der Waals surface area contributed by atoms with Crippen LogP contribution in [0.5, 0.6) is 0 Å². The second-order valence-corrected chi connectivity index (χ2v) is 3.50. The molecule has 0 aliphatic rings. The molecule has 0 saturated heterocycles. The summed E-state index contributed by atoms with van der Waals surface area (Å²) in [5, 5.41) is 0. The quantitative estimate of drug-likeness (QED) is 0.283. The third-order valence-electron chi connectivity index (χ3n) is 2.10. The maximum Gasteiger partial charge on any atom is 0.225 e. The van der Waals surface area contributed by atoms with Crippen LogP contribution in [0.2, 0.25) is 0 Å². The number of allylic oxidation sites excluding steroid dienone is 2. The van der Waals surface area contributed by atoms with Gasteiger partial charge in [-0.1, -0.05) is 35.9 Å². The fourth-order valence-corrected chi connectivity index (χ4v) is 1.15. The predicted molar refractivity (Wildman–Crippen MR) is 76.5 cm³/mol. The molecule has 1 amide bonds. The molecule has 0 aliphatic heterocycles. The maximum absolute atomic E-state index is 10.1. The van der Waals surface area contributed by atoms with E-state index in [2.05, 4.69) is 15.8 Å². The van der Waals surface area contributed by atoms with Gasteiger partial charge in [-0.3, -0.25) is 20.6 Å². The summed E-state index contributed by atoms with van der Waals surface area (Å²) in [6.45, 7) is 6.00. The molecule has 98 valence electrons. The van der Waals surface area contributed by atoms with Crippen LogP contribution in [0.25, 0.3) is 0 Å².